The van der Waals surface area contributed by atoms with E-state index in [9.17, 15) is 9.59 Å². The Labute approximate surface area is 117 Å². The fourth-order valence-electron chi connectivity index (χ4n) is 1.000. The van der Waals surface area contributed by atoms with Gasteiger partial charge in [-0.3, -0.25) is 0 Å². The summed E-state index contributed by atoms with van der Waals surface area (Å²) in [7, 11) is 0. The van der Waals surface area contributed by atoms with Gasteiger partial charge in [-0.15, -0.1) is 0 Å². The molecule has 0 spiro atoms. The zero-order valence-electron chi connectivity index (χ0n) is 11.5. The van der Waals surface area contributed by atoms with Crippen molar-refractivity contribution in [2.75, 3.05) is 0 Å². The van der Waals surface area contributed by atoms with E-state index >= 15 is 0 Å². The molecule has 0 aromatic carbocycles. The first-order valence-corrected chi connectivity index (χ1v) is 6.14. The minimum atomic E-state index is -1.18. The average Bonchev–Trinajstić information content (AvgIpc) is 2.38. The smallest absolute Gasteiger partial charge is 0.148 e. The van der Waals surface area contributed by atoms with Gasteiger partial charge in [0.05, 0.1) is 24.4 Å². The van der Waals surface area contributed by atoms with Crippen LogP contribution in [0.3, 0.4) is 0 Å². The highest BCUT2D eigenvalue weighted by Gasteiger charge is 2.15. The van der Waals surface area contributed by atoms with E-state index in [0.29, 0.717) is 12.6 Å². The zero-order valence-corrected chi connectivity index (χ0v) is 11.5. The summed E-state index contributed by atoms with van der Waals surface area (Å²) in [5.74, 6) is 0. The molecule has 6 N–H and O–H groups in total. The molecule has 8 heteroatoms. The molecule has 0 aliphatic rings. The number of aliphatic hydroxyl groups excluding tert-OH is 6. The van der Waals surface area contributed by atoms with Gasteiger partial charge in [0.25, 0.3) is 0 Å². The van der Waals surface area contributed by atoms with Crippen LogP contribution in [0.15, 0.2) is 0 Å². The van der Waals surface area contributed by atoms with Crippen LogP contribution in [0.2, 0.25) is 0 Å². The first kappa shape index (κ1) is 21.4. The number of hydrogen-bond acceptors (Lipinski definition) is 8. The van der Waals surface area contributed by atoms with Crippen LogP contribution in [0.4, 0.5) is 0 Å². The second kappa shape index (κ2) is 11.9. The Bertz CT molecular complexity index is 230. The normalized spacial score (nSPS) is 19.6. The molecule has 6 atom stereocenters. The highest BCUT2D eigenvalue weighted by Crippen LogP contribution is 2.01. The van der Waals surface area contributed by atoms with Crippen LogP contribution in [0.25, 0.3) is 0 Å². The van der Waals surface area contributed by atoms with Crippen molar-refractivity contribution in [3.8, 4) is 0 Å². The summed E-state index contributed by atoms with van der Waals surface area (Å²) in [6, 6.07) is 0. The van der Waals surface area contributed by atoms with Crippen molar-refractivity contribution < 1.29 is 40.2 Å². The molecule has 0 aliphatic heterocycles. The van der Waals surface area contributed by atoms with Crippen LogP contribution >= 0.6 is 0 Å². The van der Waals surface area contributed by atoms with Crippen LogP contribution in [-0.4, -0.2) is 79.8 Å². The lowest BCUT2D eigenvalue weighted by atomic mass is 10.1. The van der Waals surface area contributed by atoms with E-state index in [1.807, 2.05) is 0 Å². The number of hydrogen-bond donors (Lipinski definition) is 6. The van der Waals surface area contributed by atoms with Crippen molar-refractivity contribution >= 4 is 12.6 Å². The Balaban J connectivity index is 0. The molecule has 0 unspecified atom stereocenters. The molecule has 0 radical (unpaired) electrons. The van der Waals surface area contributed by atoms with Crippen molar-refractivity contribution in [3.05, 3.63) is 0 Å². The second-order valence-electron chi connectivity index (χ2n) is 4.49. The van der Waals surface area contributed by atoms with Gasteiger partial charge in [0.2, 0.25) is 0 Å². The Morgan fingerprint density at radius 2 is 0.950 bits per heavy atom. The predicted molar refractivity (Wildman–Crippen MR) is 68.8 cm³/mol. The standard InChI is InChI=1S/2C6H12O4/c2*1-4(8)6(10)2-5(9)3-7/h2*3-6,8-10H,2H2,1H3/t2*4-,5-,6-/m11/s1. The Hall–Kier alpha value is -0.900. The van der Waals surface area contributed by atoms with E-state index in [-0.39, 0.29) is 12.8 Å². The molecular formula is C12H24O8. The molecule has 0 amide bonds. The quantitative estimate of drug-likeness (QED) is 0.265. The zero-order chi connectivity index (χ0) is 16.3. The van der Waals surface area contributed by atoms with Crippen molar-refractivity contribution in [1.29, 1.82) is 0 Å². The van der Waals surface area contributed by atoms with E-state index in [4.69, 9.17) is 30.6 Å². The maximum absolute atomic E-state index is 9.82. The lowest BCUT2D eigenvalue weighted by Gasteiger charge is -2.13. The van der Waals surface area contributed by atoms with E-state index in [0.717, 1.165) is 0 Å². The molecule has 0 saturated heterocycles. The predicted octanol–water partition coefficient (Wildman–Crippen LogP) is -2.64. The average molecular weight is 296 g/mol. The first-order chi connectivity index (χ1) is 9.15. The fraction of sp³-hybridized carbons (Fsp3) is 0.833. The molecule has 0 aromatic rings. The first-order valence-electron chi connectivity index (χ1n) is 6.14. The minimum absolute atomic E-state index is 0.110. The maximum Gasteiger partial charge on any atom is 0.148 e. The Morgan fingerprint density at radius 3 is 1.10 bits per heavy atom. The van der Waals surface area contributed by atoms with Crippen molar-refractivity contribution in [1.82, 2.24) is 0 Å². The lowest BCUT2D eigenvalue weighted by molar-refractivity contribution is -0.117. The fourth-order valence-corrected chi connectivity index (χ4v) is 1.000. The largest absolute Gasteiger partial charge is 0.391 e. The van der Waals surface area contributed by atoms with E-state index in [1.54, 1.807) is 0 Å². The van der Waals surface area contributed by atoms with Crippen LogP contribution < -0.4 is 0 Å². The van der Waals surface area contributed by atoms with E-state index in [2.05, 4.69) is 0 Å². The molecule has 0 fully saturated rings. The number of carbonyl (C=O) groups excluding carboxylic acids is 2. The molecule has 8 nitrogen and oxygen atoms in total. The third kappa shape index (κ3) is 12.2. The molecule has 0 saturated carbocycles. The minimum Gasteiger partial charge on any atom is -0.391 e. The third-order valence-corrected chi connectivity index (χ3v) is 2.39. The van der Waals surface area contributed by atoms with Crippen LogP contribution in [0.1, 0.15) is 26.7 Å². The van der Waals surface area contributed by atoms with Gasteiger partial charge in [-0.25, -0.2) is 0 Å². The lowest BCUT2D eigenvalue weighted by Crippen LogP contribution is -2.28. The summed E-state index contributed by atoms with van der Waals surface area (Å²) >= 11 is 0. The molecule has 0 aliphatic carbocycles. The number of aliphatic hydroxyl groups is 6. The Kier molecular flexibility index (Phi) is 12.7. The van der Waals surface area contributed by atoms with Gasteiger partial charge < -0.3 is 40.2 Å². The van der Waals surface area contributed by atoms with Gasteiger partial charge in [-0.1, -0.05) is 0 Å². The van der Waals surface area contributed by atoms with Gasteiger partial charge >= 0.3 is 0 Å². The summed E-state index contributed by atoms with van der Waals surface area (Å²) in [4.78, 5) is 19.6. The van der Waals surface area contributed by atoms with E-state index in [1.165, 1.54) is 13.8 Å². The van der Waals surface area contributed by atoms with Gasteiger partial charge in [0.15, 0.2) is 0 Å². The second-order valence-corrected chi connectivity index (χ2v) is 4.49. The molecule has 0 aromatic heterocycles. The SMILES string of the molecule is C[C@@H](O)[C@H](O)C[C@@H](O)C=O.C[C@@H](O)[C@H](O)C[C@@H](O)C=O. The van der Waals surface area contributed by atoms with Gasteiger partial charge in [-0.2, -0.15) is 0 Å². The van der Waals surface area contributed by atoms with Crippen LogP contribution in [0, 0.1) is 0 Å². The van der Waals surface area contributed by atoms with Crippen molar-refractivity contribution in [2.24, 2.45) is 0 Å². The maximum atomic E-state index is 9.82. The summed E-state index contributed by atoms with van der Waals surface area (Å²) in [6.45, 7) is 2.78. The van der Waals surface area contributed by atoms with E-state index < -0.39 is 36.6 Å². The number of aldehydes is 2. The summed E-state index contributed by atoms with van der Waals surface area (Å²) in [6.07, 6.45) is -5.79. The summed E-state index contributed by atoms with van der Waals surface area (Å²) < 4.78 is 0. The van der Waals surface area contributed by atoms with Crippen LogP contribution in [-0.2, 0) is 9.59 Å². The molecule has 20 heavy (non-hydrogen) atoms. The van der Waals surface area contributed by atoms with Gasteiger partial charge in [0, 0.05) is 12.8 Å². The highest BCUT2D eigenvalue weighted by atomic mass is 16.3. The molecule has 0 heterocycles. The van der Waals surface area contributed by atoms with Gasteiger partial charge in [0.1, 0.15) is 24.8 Å². The number of rotatable bonds is 8. The van der Waals surface area contributed by atoms with Crippen LogP contribution in [0.5, 0.6) is 0 Å². The topological polar surface area (TPSA) is 156 Å². The third-order valence-electron chi connectivity index (χ3n) is 2.39. The monoisotopic (exact) mass is 296 g/mol. The van der Waals surface area contributed by atoms with Crippen molar-refractivity contribution in [3.63, 3.8) is 0 Å². The molecular weight excluding hydrogens is 272 g/mol. The number of carbonyl (C=O) groups is 2. The molecule has 120 valence electrons. The van der Waals surface area contributed by atoms with Gasteiger partial charge in [-0.05, 0) is 13.8 Å². The molecule has 0 bridgehead atoms. The highest BCUT2D eigenvalue weighted by molar-refractivity contribution is 5.55. The Morgan fingerprint density at radius 1 is 0.700 bits per heavy atom. The van der Waals surface area contributed by atoms with Crippen molar-refractivity contribution in [2.45, 2.75) is 63.3 Å². The molecule has 0 rings (SSSR count). The summed E-state index contributed by atoms with van der Waals surface area (Å²) in [5.41, 5.74) is 0. The summed E-state index contributed by atoms with van der Waals surface area (Å²) in [5, 5.41) is 52.4.